The molecule has 1 unspecified atom stereocenters. The number of benzene rings is 1. The third-order valence-electron chi connectivity index (χ3n) is 3.04. The van der Waals surface area contributed by atoms with Crippen LogP contribution in [0.15, 0.2) is 12.1 Å². The van der Waals surface area contributed by atoms with Crippen molar-refractivity contribution in [3.63, 3.8) is 0 Å². The number of nitrogen functional groups attached to an aromatic ring is 1. The summed E-state index contributed by atoms with van der Waals surface area (Å²) in [7, 11) is 3.16. The highest BCUT2D eigenvalue weighted by molar-refractivity contribution is 5.99. The lowest BCUT2D eigenvalue weighted by atomic mass is 10.1. The summed E-state index contributed by atoms with van der Waals surface area (Å²) in [5.74, 6) is -1.78. The third kappa shape index (κ3) is 3.37. The Labute approximate surface area is 116 Å². The first-order valence-electron chi connectivity index (χ1n) is 6.09. The van der Waals surface area contributed by atoms with Gasteiger partial charge in [0.25, 0.3) is 5.91 Å². The van der Waals surface area contributed by atoms with Crippen molar-refractivity contribution in [1.29, 1.82) is 0 Å². The Kier molecular flexibility index (Phi) is 4.90. The van der Waals surface area contributed by atoms with Crippen molar-refractivity contribution in [2.24, 2.45) is 11.7 Å². The first-order chi connectivity index (χ1) is 9.27. The Balaban J connectivity index is 3.04. The Bertz CT molecular complexity index is 533. The Hall–Kier alpha value is -2.31. The summed E-state index contributed by atoms with van der Waals surface area (Å²) in [4.78, 5) is 24.2. The minimum atomic E-state index is -0.725. The molecule has 0 radical (unpaired) electrons. The molecule has 20 heavy (non-hydrogen) atoms. The van der Waals surface area contributed by atoms with Crippen LogP contribution in [-0.2, 0) is 4.79 Å². The molecule has 0 aliphatic heterocycles. The Morgan fingerprint density at radius 3 is 2.55 bits per heavy atom. The van der Waals surface area contributed by atoms with Gasteiger partial charge in [-0.15, -0.1) is 0 Å². The number of rotatable bonds is 5. The second kappa shape index (κ2) is 6.23. The normalized spacial score (nSPS) is 11.8. The van der Waals surface area contributed by atoms with Gasteiger partial charge in [0.15, 0.2) is 0 Å². The van der Waals surface area contributed by atoms with Crippen LogP contribution in [0.1, 0.15) is 17.3 Å². The van der Waals surface area contributed by atoms with Gasteiger partial charge in [-0.2, -0.15) is 0 Å². The minimum absolute atomic E-state index is 0.00787. The van der Waals surface area contributed by atoms with E-state index in [0.29, 0.717) is 6.54 Å². The van der Waals surface area contributed by atoms with E-state index in [-0.39, 0.29) is 28.8 Å². The second-order valence-corrected chi connectivity index (χ2v) is 4.65. The molecule has 0 heterocycles. The van der Waals surface area contributed by atoms with Crippen LogP contribution in [-0.4, -0.2) is 32.5 Å². The number of nitrogens with zero attached hydrogens (tertiary/aromatic N) is 1. The number of amides is 2. The summed E-state index contributed by atoms with van der Waals surface area (Å²) < 4.78 is 13.9. The number of halogens is 1. The minimum Gasteiger partial charge on any atom is -0.398 e. The summed E-state index contributed by atoms with van der Waals surface area (Å²) >= 11 is 0. The van der Waals surface area contributed by atoms with Gasteiger partial charge < -0.3 is 21.7 Å². The lowest BCUT2D eigenvalue weighted by molar-refractivity contribution is -0.123. The van der Waals surface area contributed by atoms with E-state index in [4.69, 9.17) is 11.5 Å². The Morgan fingerprint density at radius 1 is 1.45 bits per heavy atom. The van der Waals surface area contributed by atoms with Crippen LogP contribution in [0.25, 0.3) is 0 Å². The van der Waals surface area contributed by atoms with Gasteiger partial charge in [0.2, 0.25) is 5.91 Å². The maximum absolute atomic E-state index is 13.9. The highest BCUT2D eigenvalue weighted by Gasteiger charge is 2.18. The third-order valence-corrected chi connectivity index (χ3v) is 3.04. The van der Waals surface area contributed by atoms with E-state index in [1.807, 2.05) is 0 Å². The van der Waals surface area contributed by atoms with Crippen molar-refractivity contribution >= 4 is 23.2 Å². The summed E-state index contributed by atoms with van der Waals surface area (Å²) in [6.07, 6.45) is 0. The molecule has 1 aromatic rings. The molecule has 0 saturated carbocycles. The molecule has 5 N–H and O–H groups in total. The Morgan fingerprint density at radius 2 is 2.05 bits per heavy atom. The number of nitrogens with one attached hydrogen (secondary N) is 1. The maximum Gasteiger partial charge on any atom is 0.250 e. The maximum atomic E-state index is 13.9. The monoisotopic (exact) mass is 282 g/mol. The predicted molar refractivity (Wildman–Crippen MR) is 75.8 cm³/mol. The zero-order valence-electron chi connectivity index (χ0n) is 11.7. The van der Waals surface area contributed by atoms with Gasteiger partial charge in [-0.05, 0) is 12.1 Å². The highest BCUT2D eigenvalue weighted by atomic mass is 19.1. The van der Waals surface area contributed by atoms with E-state index in [1.54, 1.807) is 18.9 Å². The zero-order chi connectivity index (χ0) is 15.4. The molecule has 7 heteroatoms. The van der Waals surface area contributed by atoms with Crippen molar-refractivity contribution in [2.45, 2.75) is 6.92 Å². The zero-order valence-corrected chi connectivity index (χ0v) is 11.7. The first-order valence-corrected chi connectivity index (χ1v) is 6.09. The van der Waals surface area contributed by atoms with Crippen LogP contribution in [0.3, 0.4) is 0 Å². The topological polar surface area (TPSA) is 101 Å². The van der Waals surface area contributed by atoms with E-state index in [1.165, 1.54) is 13.1 Å². The fourth-order valence-electron chi connectivity index (χ4n) is 1.92. The number of carbonyl (C=O) groups excluding carboxylic acids is 2. The molecular formula is C13H19FN4O2. The molecule has 110 valence electrons. The van der Waals surface area contributed by atoms with Crippen molar-refractivity contribution in [1.82, 2.24) is 5.32 Å². The molecule has 0 saturated heterocycles. The molecule has 1 aromatic carbocycles. The molecule has 2 amide bonds. The summed E-state index contributed by atoms with van der Waals surface area (Å²) in [6.45, 7) is 2.01. The van der Waals surface area contributed by atoms with Gasteiger partial charge in [-0.1, -0.05) is 6.92 Å². The smallest absolute Gasteiger partial charge is 0.250 e. The first kappa shape index (κ1) is 15.7. The quantitative estimate of drug-likeness (QED) is 0.677. The van der Waals surface area contributed by atoms with Gasteiger partial charge in [0, 0.05) is 26.3 Å². The summed E-state index contributed by atoms with van der Waals surface area (Å²) in [6, 6.07) is 2.35. The molecule has 1 atom stereocenters. The molecule has 0 bridgehead atoms. The van der Waals surface area contributed by atoms with Crippen LogP contribution in [0.2, 0.25) is 0 Å². The lowest BCUT2D eigenvalue weighted by Crippen LogP contribution is -2.34. The van der Waals surface area contributed by atoms with Gasteiger partial charge in [0.05, 0.1) is 17.2 Å². The molecule has 0 aliphatic rings. The van der Waals surface area contributed by atoms with Gasteiger partial charge in [-0.3, -0.25) is 9.59 Å². The predicted octanol–water partition coefficient (Wildman–Crippen LogP) is 0.325. The number of nitrogens with two attached hydrogens (primary N) is 2. The molecule has 1 rings (SSSR count). The van der Waals surface area contributed by atoms with Crippen LogP contribution in [0.5, 0.6) is 0 Å². The van der Waals surface area contributed by atoms with E-state index in [2.05, 4.69) is 5.32 Å². The van der Waals surface area contributed by atoms with Crippen molar-refractivity contribution in [3.8, 4) is 0 Å². The molecule has 0 aromatic heterocycles. The standard InChI is InChI=1S/C13H19FN4O2/c1-7(13(20)17-2)6-18(3)11-4-8(12(16)19)10(15)5-9(11)14/h4-5,7H,6,15H2,1-3H3,(H2,16,19)(H,17,20). The van der Waals surface area contributed by atoms with Crippen molar-refractivity contribution in [2.75, 3.05) is 31.3 Å². The number of hydrogen-bond donors (Lipinski definition) is 3. The van der Waals surface area contributed by atoms with Gasteiger partial charge in [-0.25, -0.2) is 4.39 Å². The fourth-order valence-corrected chi connectivity index (χ4v) is 1.92. The fraction of sp³-hybridized carbons (Fsp3) is 0.385. The van der Waals surface area contributed by atoms with E-state index in [0.717, 1.165) is 6.07 Å². The molecule has 6 nitrogen and oxygen atoms in total. The average molecular weight is 282 g/mol. The largest absolute Gasteiger partial charge is 0.398 e. The van der Waals surface area contributed by atoms with E-state index >= 15 is 0 Å². The van der Waals surface area contributed by atoms with Gasteiger partial charge in [0.1, 0.15) is 5.82 Å². The molecule has 0 aliphatic carbocycles. The van der Waals surface area contributed by atoms with Crippen LogP contribution >= 0.6 is 0 Å². The van der Waals surface area contributed by atoms with Crippen LogP contribution in [0.4, 0.5) is 15.8 Å². The molecule has 0 fully saturated rings. The second-order valence-electron chi connectivity index (χ2n) is 4.65. The van der Waals surface area contributed by atoms with E-state index in [9.17, 15) is 14.0 Å². The average Bonchev–Trinajstić information content (AvgIpc) is 2.36. The number of anilines is 2. The van der Waals surface area contributed by atoms with Crippen LogP contribution in [0, 0.1) is 11.7 Å². The summed E-state index contributed by atoms with van der Waals surface area (Å²) in [5, 5.41) is 2.52. The van der Waals surface area contributed by atoms with Crippen molar-refractivity contribution < 1.29 is 14.0 Å². The SMILES string of the molecule is CNC(=O)C(C)CN(C)c1cc(C(N)=O)c(N)cc1F. The molecule has 0 spiro atoms. The number of hydrogen-bond acceptors (Lipinski definition) is 4. The van der Waals surface area contributed by atoms with Gasteiger partial charge >= 0.3 is 0 Å². The van der Waals surface area contributed by atoms with E-state index < -0.39 is 11.7 Å². The summed E-state index contributed by atoms with van der Waals surface area (Å²) in [5.41, 5.74) is 10.9. The highest BCUT2D eigenvalue weighted by Crippen LogP contribution is 2.25. The lowest BCUT2D eigenvalue weighted by Gasteiger charge is -2.24. The number of carbonyl (C=O) groups is 2. The van der Waals surface area contributed by atoms with Crippen molar-refractivity contribution in [3.05, 3.63) is 23.5 Å². The number of primary amides is 1. The molecular weight excluding hydrogens is 263 g/mol. The van der Waals surface area contributed by atoms with Crippen LogP contribution < -0.4 is 21.7 Å².